The first-order valence-electron chi connectivity index (χ1n) is 7.82. The van der Waals surface area contributed by atoms with Gasteiger partial charge in [0.1, 0.15) is 5.82 Å². The van der Waals surface area contributed by atoms with Gasteiger partial charge in [0.2, 0.25) is 0 Å². The maximum absolute atomic E-state index is 12.4. The predicted octanol–water partition coefficient (Wildman–Crippen LogP) is 2.86. The minimum absolute atomic E-state index is 0.136. The number of benzene rings is 2. The highest BCUT2D eigenvalue weighted by molar-refractivity contribution is 7.84. The molecule has 1 aromatic heterocycles. The summed E-state index contributed by atoms with van der Waals surface area (Å²) >= 11 is 0. The van der Waals surface area contributed by atoms with Crippen molar-refractivity contribution < 1.29 is 9.00 Å². The summed E-state index contributed by atoms with van der Waals surface area (Å²) in [5, 5.41) is 2.92. The SMILES string of the molecule is Cc1cccc(C(=O)Nc2ccc3c(c2)nc2n3CCS(=O)C2)c1. The van der Waals surface area contributed by atoms with Crippen LogP contribution in [0.25, 0.3) is 11.0 Å². The first kappa shape index (κ1) is 15.1. The Morgan fingerprint density at radius 3 is 2.96 bits per heavy atom. The molecule has 0 saturated carbocycles. The van der Waals surface area contributed by atoms with Gasteiger partial charge in [-0.05, 0) is 37.3 Å². The van der Waals surface area contributed by atoms with Gasteiger partial charge in [0.25, 0.3) is 5.91 Å². The van der Waals surface area contributed by atoms with Crippen LogP contribution in [0.5, 0.6) is 0 Å². The summed E-state index contributed by atoms with van der Waals surface area (Å²) in [6.45, 7) is 2.69. The number of carbonyl (C=O) groups excluding carboxylic acids is 1. The number of hydrogen-bond acceptors (Lipinski definition) is 3. The number of hydrogen-bond donors (Lipinski definition) is 1. The van der Waals surface area contributed by atoms with E-state index in [1.807, 2.05) is 43.3 Å². The molecule has 2 heterocycles. The van der Waals surface area contributed by atoms with Crippen LogP contribution in [-0.2, 0) is 23.1 Å². The highest BCUT2D eigenvalue weighted by Crippen LogP contribution is 2.24. The Labute approximate surface area is 142 Å². The molecule has 1 aliphatic heterocycles. The summed E-state index contributed by atoms with van der Waals surface area (Å²) in [7, 11) is -0.823. The van der Waals surface area contributed by atoms with E-state index in [9.17, 15) is 9.00 Å². The molecule has 3 aromatic rings. The minimum atomic E-state index is -0.823. The molecule has 1 aliphatic rings. The van der Waals surface area contributed by atoms with Crippen molar-refractivity contribution in [1.82, 2.24) is 9.55 Å². The lowest BCUT2D eigenvalue weighted by Gasteiger charge is -2.13. The van der Waals surface area contributed by atoms with E-state index in [0.29, 0.717) is 22.8 Å². The zero-order valence-electron chi connectivity index (χ0n) is 13.3. The number of amides is 1. The van der Waals surface area contributed by atoms with Gasteiger partial charge in [-0.1, -0.05) is 17.7 Å². The highest BCUT2D eigenvalue weighted by atomic mass is 32.2. The van der Waals surface area contributed by atoms with Crippen LogP contribution in [0.3, 0.4) is 0 Å². The number of anilines is 1. The number of rotatable bonds is 2. The van der Waals surface area contributed by atoms with Gasteiger partial charge in [0.15, 0.2) is 0 Å². The van der Waals surface area contributed by atoms with Crippen LogP contribution in [-0.4, -0.2) is 25.4 Å². The second-order valence-corrected chi connectivity index (χ2v) is 7.57. The van der Waals surface area contributed by atoms with Crippen molar-refractivity contribution in [3.05, 3.63) is 59.4 Å². The number of fused-ring (bicyclic) bond motifs is 3. The molecule has 5 nitrogen and oxygen atoms in total. The van der Waals surface area contributed by atoms with Crippen molar-refractivity contribution in [2.24, 2.45) is 0 Å². The quantitative estimate of drug-likeness (QED) is 0.781. The Morgan fingerprint density at radius 1 is 1.25 bits per heavy atom. The van der Waals surface area contributed by atoms with Crippen molar-refractivity contribution in [3.8, 4) is 0 Å². The molecule has 0 spiro atoms. The fourth-order valence-electron chi connectivity index (χ4n) is 3.02. The Morgan fingerprint density at radius 2 is 2.12 bits per heavy atom. The summed E-state index contributed by atoms with van der Waals surface area (Å²) in [4.78, 5) is 16.9. The van der Waals surface area contributed by atoms with E-state index in [2.05, 4.69) is 14.9 Å². The van der Waals surface area contributed by atoms with E-state index in [4.69, 9.17) is 0 Å². The summed E-state index contributed by atoms with van der Waals surface area (Å²) < 4.78 is 13.8. The third kappa shape index (κ3) is 2.73. The maximum Gasteiger partial charge on any atom is 0.255 e. The van der Waals surface area contributed by atoms with Gasteiger partial charge in [-0.3, -0.25) is 9.00 Å². The van der Waals surface area contributed by atoms with Gasteiger partial charge in [0.05, 0.1) is 16.8 Å². The lowest BCUT2D eigenvalue weighted by Crippen LogP contribution is -2.19. The van der Waals surface area contributed by atoms with Gasteiger partial charge >= 0.3 is 0 Å². The van der Waals surface area contributed by atoms with Crippen LogP contribution in [0, 0.1) is 6.92 Å². The molecule has 2 aromatic carbocycles. The molecule has 24 heavy (non-hydrogen) atoms. The number of aromatic nitrogens is 2. The normalized spacial score (nSPS) is 16.8. The van der Waals surface area contributed by atoms with Crippen molar-refractivity contribution in [2.75, 3.05) is 11.1 Å². The maximum atomic E-state index is 12.4. The third-order valence-corrected chi connectivity index (χ3v) is 5.42. The zero-order chi connectivity index (χ0) is 16.7. The summed E-state index contributed by atoms with van der Waals surface area (Å²) in [5.41, 5.74) is 4.24. The van der Waals surface area contributed by atoms with Crippen molar-refractivity contribution in [2.45, 2.75) is 19.2 Å². The van der Waals surface area contributed by atoms with E-state index < -0.39 is 10.8 Å². The molecule has 1 unspecified atom stereocenters. The number of nitrogens with zero attached hydrogens (tertiary/aromatic N) is 2. The van der Waals surface area contributed by atoms with Gasteiger partial charge in [-0.15, -0.1) is 0 Å². The Bertz CT molecular complexity index is 978. The summed E-state index contributed by atoms with van der Waals surface area (Å²) in [5.74, 6) is 1.89. The van der Waals surface area contributed by atoms with Crippen molar-refractivity contribution in [3.63, 3.8) is 0 Å². The van der Waals surface area contributed by atoms with Gasteiger partial charge < -0.3 is 9.88 Å². The van der Waals surface area contributed by atoms with Crippen LogP contribution >= 0.6 is 0 Å². The van der Waals surface area contributed by atoms with E-state index in [1.165, 1.54) is 0 Å². The van der Waals surface area contributed by atoms with Crippen molar-refractivity contribution in [1.29, 1.82) is 0 Å². The van der Waals surface area contributed by atoms with Crippen molar-refractivity contribution >= 4 is 33.4 Å². The first-order chi connectivity index (χ1) is 11.6. The molecule has 122 valence electrons. The number of nitrogens with one attached hydrogen (secondary N) is 1. The molecule has 0 aliphatic carbocycles. The Kier molecular flexibility index (Phi) is 3.69. The third-order valence-electron chi connectivity index (χ3n) is 4.20. The molecule has 0 bridgehead atoms. The van der Waals surface area contributed by atoms with Crippen LogP contribution < -0.4 is 5.32 Å². The Balaban J connectivity index is 1.63. The number of aryl methyl sites for hydroxylation is 2. The summed E-state index contributed by atoms with van der Waals surface area (Å²) in [6, 6.07) is 13.2. The molecule has 1 atom stereocenters. The fourth-order valence-corrected chi connectivity index (χ4v) is 4.05. The number of imidazole rings is 1. The molecule has 6 heteroatoms. The molecule has 4 rings (SSSR count). The average Bonchev–Trinajstić information content (AvgIpc) is 2.91. The van der Waals surface area contributed by atoms with Crippen LogP contribution in [0.15, 0.2) is 42.5 Å². The lowest BCUT2D eigenvalue weighted by atomic mass is 10.1. The monoisotopic (exact) mass is 339 g/mol. The Hall–Kier alpha value is -2.47. The van der Waals surface area contributed by atoms with Gasteiger partial charge in [-0.25, -0.2) is 4.98 Å². The zero-order valence-corrected chi connectivity index (χ0v) is 14.1. The molecule has 1 amide bonds. The molecule has 0 fully saturated rings. The predicted molar refractivity (Wildman–Crippen MR) is 95.6 cm³/mol. The van der Waals surface area contributed by atoms with Gasteiger partial charge in [-0.2, -0.15) is 0 Å². The van der Waals surface area contributed by atoms with Crippen LogP contribution in [0.2, 0.25) is 0 Å². The molecule has 0 radical (unpaired) electrons. The van der Waals surface area contributed by atoms with E-state index in [0.717, 1.165) is 29.0 Å². The largest absolute Gasteiger partial charge is 0.326 e. The molecular formula is C18H17N3O2S. The van der Waals surface area contributed by atoms with E-state index in [-0.39, 0.29) is 5.91 Å². The lowest BCUT2D eigenvalue weighted by molar-refractivity contribution is 0.102. The second kappa shape index (κ2) is 5.87. The molecule has 1 N–H and O–H groups in total. The fraction of sp³-hybridized carbons (Fsp3) is 0.222. The average molecular weight is 339 g/mol. The highest BCUT2D eigenvalue weighted by Gasteiger charge is 2.19. The van der Waals surface area contributed by atoms with Crippen LogP contribution in [0.1, 0.15) is 21.7 Å². The molecule has 0 saturated heterocycles. The second-order valence-electron chi connectivity index (χ2n) is 6.00. The smallest absolute Gasteiger partial charge is 0.255 e. The minimum Gasteiger partial charge on any atom is -0.326 e. The van der Waals surface area contributed by atoms with E-state index >= 15 is 0 Å². The van der Waals surface area contributed by atoms with Crippen LogP contribution in [0.4, 0.5) is 5.69 Å². The first-order valence-corrected chi connectivity index (χ1v) is 9.31. The number of carbonyl (C=O) groups is 1. The van der Waals surface area contributed by atoms with Gasteiger partial charge in [0, 0.05) is 34.3 Å². The standard InChI is InChI=1S/C18H17N3O2S/c1-12-3-2-4-13(9-12)18(22)19-14-5-6-16-15(10-14)20-17-11-24(23)8-7-21(16)17/h2-6,9-10H,7-8,11H2,1H3,(H,19,22). The molecular weight excluding hydrogens is 322 g/mol. The summed E-state index contributed by atoms with van der Waals surface area (Å²) in [6.07, 6.45) is 0. The van der Waals surface area contributed by atoms with E-state index in [1.54, 1.807) is 6.07 Å². The topological polar surface area (TPSA) is 64.0 Å².